The van der Waals surface area contributed by atoms with Gasteiger partial charge in [0, 0.05) is 17.8 Å². The topological polar surface area (TPSA) is 66.5 Å². The number of amides is 1. The van der Waals surface area contributed by atoms with Crippen molar-refractivity contribution in [2.45, 2.75) is 31.6 Å². The SMILES string of the molecule is Cc1ccc(S(=O)(=O)N2CCCc3cc(C(=O)Nc4ccccc4C)ccc32)cc1. The second-order valence-electron chi connectivity index (χ2n) is 7.61. The molecule has 0 atom stereocenters. The highest BCUT2D eigenvalue weighted by atomic mass is 32.2. The standard InChI is InChI=1S/C24H24N2O3S/c1-17-9-12-21(13-10-17)30(28,29)26-15-5-7-19-16-20(11-14-23(19)26)24(27)25-22-8-4-3-6-18(22)2/h3-4,6,8-14,16H,5,7,15H2,1-2H3,(H,25,27). The normalized spacial score (nSPS) is 13.6. The monoisotopic (exact) mass is 420 g/mol. The number of rotatable bonds is 4. The quantitative estimate of drug-likeness (QED) is 0.665. The second-order valence-corrected chi connectivity index (χ2v) is 9.47. The van der Waals surface area contributed by atoms with E-state index in [0.717, 1.165) is 28.8 Å². The van der Waals surface area contributed by atoms with Crippen LogP contribution in [0.1, 0.15) is 33.5 Å². The summed E-state index contributed by atoms with van der Waals surface area (Å²) in [6.45, 7) is 4.30. The van der Waals surface area contributed by atoms with Crippen LogP contribution in [0.2, 0.25) is 0 Å². The number of hydrogen-bond acceptors (Lipinski definition) is 3. The third-order valence-corrected chi connectivity index (χ3v) is 7.25. The summed E-state index contributed by atoms with van der Waals surface area (Å²) in [6.07, 6.45) is 1.45. The maximum atomic E-state index is 13.2. The summed E-state index contributed by atoms with van der Waals surface area (Å²) in [5, 5.41) is 2.94. The smallest absolute Gasteiger partial charge is 0.264 e. The van der Waals surface area contributed by atoms with E-state index >= 15 is 0 Å². The number of aryl methyl sites for hydroxylation is 3. The number of benzene rings is 3. The van der Waals surface area contributed by atoms with Crippen LogP contribution in [0.3, 0.4) is 0 Å². The highest BCUT2D eigenvalue weighted by molar-refractivity contribution is 7.92. The molecule has 3 aromatic rings. The minimum absolute atomic E-state index is 0.203. The van der Waals surface area contributed by atoms with Crippen LogP contribution >= 0.6 is 0 Å². The fourth-order valence-corrected chi connectivity index (χ4v) is 5.24. The Morgan fingerprint density at radius 2 is 1.70 bits per heavy atom. The van der Waals surface area contributed by atoms with Crippen molar-refractivity contribution < 1.29 is 13.2 Å². The molecule has 0 aliphatic carbocycles. The van der Waals surface area contributed by atoms with Crippen LogP contribution in [0.4, 0.5) is 11.4 Å². The van der Waals surface area contributed by atoms with Gasteiger partial charge in [0.25, 0.3) is 15.9 Å². The van der Waals surface area contributed by atoms with Crippen LogP contribution in [-0.2, 0) is 16.4 Å². The van der Waals surface area contributed by atoms with E-state index in [-0.39, 0.29) is 10.8 Å². The lowest BCUT2D eigenvalue weighted by Crippen LogP contribution is -2.35. The predicted octanol–water partition coefficient (Wildman–Crippen LogP) is 4.70. The molecule has 5 nitrogen and oxygen atoms in total. The van der Waals surface area contributed by atoms with E-state index in [1.165, 1.54) is 4.31 Å². The molecule has 0 saturated heterocycles. The fraction of sp³-hybridized carbons (Fsp3) is 0.208. The molecule has 1 amide bonds. The molecule has 0 fully saturated rings. The first-order valence-electron chi connectivity index (χ1n) is 9.95. The Bertz CT molecular complexity index is 1200. The molecule has 0 aromatic heterocycles. The first-order valence-corrected chi connectivity index (χ1v) is 11.4. The maximum absolute atomic E-state index is 13.2. The number of sulfonamides is 1. The molecule has 6 heteroatoms. The Labute approximate surface area is 177 Å². The molecule has 0 saturated carbocycles. The van der Waals surface area contributed by atoms with Crippen LogP contribution < -0.4 is 9.62 Å². The molecule has 3 aromatic carbocycles. The van der Waals surface area contributed by atoms with E-state index in [1.807, 2.05) is 38.1 Å². The van der Waals surface area contributed by atoms with Crippen molar-refractivity contribution in [3.8, 4) is 0 Å². The van der Waals surface area contributed by atoms with Crippen LogP contribution in [0.25, 0.3) is 0 Å². The summed E-state index contributed by atoms with van der Waals surface area (Å²) >= 11 is 0. The molecule has 0 spiro atoms. The summed E-state index contributed by atoms with van der Waals surface area (Å²) in [4.78, 5) is 13.0. The van der Waals surface area contributed by atoms with Crippen LogP contribution in [-0.4, -0.2) is 20.9 Å². The number of carbonyl (C=O) groups excluding carboxylic acids is 1. The third kappa shape index (κ3) is 3.83. The van der Waals surface area contributed by atoms with Gasteiger partial charge in [-0.2, -0.15) is 0 Å². The summed E-state index contributed by atoms with van der Waals surface area (Å²) in [5.41, 5.74) is 4.80. The maximum Gasteiger partial charge on any atom is 0.264 e. The first-order chi connectivity index (χ1) is 14.4. The van der Waals surface area contributed by atoms with E-state index in [1.54, 1.807) is 42.5 Å². The fourth-order valence-electron chi connectivity index (χ4n) is 3.70. The summed E-state index contributed by atoms with van der Waals surface area (Å²) in [6, 6.07) is 19.7. The Kier molecular flexibility index (Phi) is 5.35. The van der Waals surface area contributed by atoms with Gasteiger partial charge in [-0.3, -0.25) is 9.10 Å². The molecule has 1 N–H and O–H groups in total. The van der Waals surface area contributed by atoms with Crippen molar-refractivity contribution in [2.24, 2.45) is 0 Å². The molecule has 0 unspecified atom stereocenters. The predicted molar refractivity (Wildman–Crippen MR) is 120 cm³/mol. The van der Waals surface area contributed by atoms with Crippen molar-refractivity contribution in [3.05, 3.63) is 89.0 Å². The molecule has 0 bridgehead atoms. The molecule has 0 radical (unpaired) electrons. The number of para-hydroxylation sites is 1. The highest BCUT2D eigenvalue weighted by Gasteiger charge is 2.29. The minimum atomic E-state index is -3.65. The lowest BCUT2D eigenvalue weighted by molar-refractivity contribution is 0.102. The third-order valence-electron chi connectivity index (χ3n) is 5.42. The van der Waals surface area contributed by atoms with Crippen LogP contribution in [0.5, 0.6) is 0 Å². The van der Waals surface area contributed by atoms with Gasteiger partial charge in [0.05, 0.1) is 10.6 Å². The van der Waals surface area contributed by atoms with Gasteiger partial charge < -0.3 is 5.32 Å². The number of nitrogens with zero attached hydrogens (tertiary/aromatic N) is 1. The molecule has 1 aliphatic heterocycles. The Morgan fingerprint density at radius 3 is 2.43 bits per heavy atom. The molecule has 30 heavy (non-hydrogen) atoms. The van der Waals surface area contributed by atoms with Gasteiger partial charge in [0.2, 0.25) is 0 Å². The van der Waals surface area contributed by atoms with Gasteiger partial charge in [-0.05, 0) is 74.2 Å². The Hall–Kier alpha value is -3.12. The van der Waals surface area contributed by atoms with Crippen LogP contribution in [0, 0.1) is 13.8 Å². The minimum Gasteiger partial charge on any atom is -0.322 e. The lowest BCUT2D eigenvalue weighted by Gasteiger charge is -2.30. The second kappa shape index (κ2) is 7.95. The number of fused-ring (bicyclic) bond motifs is 1. The average molecular weight is 421 g/mol. The van der Waals surface area contributed by atoms with E-state index in [4.69, 9.17) is 0 Å². The Morgan fingerprint density at radius 1 is 0.967 bits per heavy atom. The van der Waals surface area contributed by atoms with Gasteiger partial charge in [-0.15, -0.1) is 0 Å². The zero-order valence-corrected chi connectivity index (χ0v) is 17.9. The number of carbonyl (C=O) groups is 1. The van der Waals surface area contributed by atoms with Gasteiger partial charge in [0.15, 0.2) is 0 Å². The molecule has 154 valence electrons. The van der Waals surface area contributed by atoms with Crippen LogP contribution in [0.15, 0.2) is 71.6 Å². The van der Waals surface area contributed by atoms with E-state index < -0.39 is 10.0 Å². The summed E-state index contributed by atoms with van der Waals surface area (Å²) in [7, 11) is -3.65. The van der Waals surface area contributed by atoms with Crippen molar-refractivity contribution >= 4 is 27.3 Å². The molecule has 1 heterocycles. The molecule has 1 aliphatic rings. The molecular formula is C24H24N2O3S. The van der Waals surface area contributed by atoms with Crippen molar-refractivity contribution in [1.82, 2.24) is 0 Å². The van der Waals surface area contributed by atoms with Crippen molar-refractivity contribution in [2.75, 3.05) is 16.2 Å². The van der Waals surface area contributed by atoms with Gasteiger partial charge in [-0.25, -0.2) is 8.42 Å². The van der Waals surface area contributed by atoms with E-state index in [2.05, 4.69) is 5.32 Å². The van der Waals surface area contributed by atoms with E-state index in [0.29, 0.717) is 24.2 Å². The summed E-state index contributed by atoms with van der Waals surface area (Å²) < 4.78 is 27.9. The Balaban J connectivity index is 1.63. The van der Waals surface area contributed by atoms with Gasteiger partial charge in [0.1, 0.15) is 0 Å². The zero-order chi connectivity index (χ0) is 21.3. The lowest BCUT2D eigenvalue weighted by atomic mass is 10.0. The first kappa shape index (κ1) is 20.2. The molecular weight excluding hydrogens is 396 g/mol. The number of anilines is 2. The number of nitrogens with one attached hydrogen (secondary N) is 1. The van der Waals surface area contributed by atoms with Crippen molar-refractivity contribution in [1.29, 1.82) is 0 Å². The largest absolute Gasteiger partial charge is 0.322 e. The van der Waals surface area contributed by atoms with Crippen molar-refractivity contribution in [3.63, 3.8) is 0 Å². The average Bonchev–Trinajstić information content (AvgIpc) is 2.74. The van der Waals surface area contributed by atoms with E-state index in [9.17, 15) is 13.2 Å². The van der Waals surface area contributed by atoms with Gasteiger partial charge >= 0.3 is 0 Å². The zero-order valence-electron chi connectivity index (χ0n) is 17.1. The van der Waals surface area contributed by atoms with Gasteiger partial charge in [-0.1, -0.05) is 35.9 Å². The summed E-state index contributed by atoms with van der Waals surface area (Å²) in [5.74, 6) is -0.203. The number of hydrogen-bond donors (Lipinski definition) is 1. The highest BCUT2D eigenvalue weighted by Crippen LogP contribution is 2.33. The molecule has 4 rings (SSSR count).